The van der Waals surface area contributed by atoms with E-state index in [-0.39, 0.29) is 0 Å². The van der Waals surface area contributed by atoms with Gasteiger partial charge in [-0.2, -0.15) is 0 Å². The van der Waals surface area contributed by atoms with E-state index in [0.717, 1.165) is 29.8 Å². The maximum Gasteiger partial charge on any atom is 0.0407 e. The number of nitrogens with one attached hydrogen (secondary N) is 1. The Kier molecular flexibility index (Phi) is 4.81. The van der Waals surface area contributed by atoms with Crippen molar-refractivity contribution in [1.82, 2.24) is 9.80 Å². The summed E-state index contributed by atoms with van der Waals surface area (Å²) in [5, 5.41) is 4.28. The van der Waals surface area contributed by atoms with Crippen molar-refractivity contribution in [2.45, 2.75) is 25.3 Å². The van der Waals surface area contributed by atoms with Crippen LogP contribution in [0.1, 0.15) is 19.3 Å². The van der Waals surface area contributed by atoms with Gasteiger partial charge in [0.1, 0.15) is 0 Å². The molecule has 0 bridgehead atoms. The first-order valence-corrected chi connectivity index (χ1v) is 8.15. The van der Waals surface area contributed by atoms with E-state index in [1.165, 1.54) is 45.4 Å². The Morgan fingerprint density at radius 2 is 1.90 bits per heavy atom. The number of benzene rings is 1. The largest absolute Gasteiger partial charge is 0.384 e. The molecule has 0 aromatic heterocycles. The molecule has 1 aromatic carbocycles. The van der Waals surface area contributed by atoms with Crippen LogP contribution in [0.5, 0.6) is 0 Å². The van der Waals surface area contributed by atoms with Crippen LogP contribution in [0, 0.1) is 0 Å². The molecule has 4 heteroatoms. The van der Waals surface area contributed by atoms with E-state index < -0.39 is 0 Å². The summed E-state index contributed by atoms with van der Waals surface area (Å²) in [7, 11) is 0. The average Bonchev–Trinajstić information content (AvgIpc) is 2.80. The molecule has 0 aliphatic carbocycles. The van der Waals surface area contributed by atoms with Gasteiger partial charge >= 0.3 is 0 Å². The summed E-state index contributed by atoms with van der Waals surface area (Å²) in [6, 6.07) is 8.78. The monoisotopic (exact) mass is 293 g/mol. The zero-order valence-electron chi connectivity index (χ0n) is 12.0. The smallest absolute Gasteiger partial charge is 0.0407 e. The molecule has 0 spiro atoms. The summed E-state index contributed by atoms with van der Waals surface area (Å²) in [4.78, 5) is 5.31. The van der Waals surface area contributed by atoms with Gasteiger partial charge in [0.05, 0.1) is 0 Å². The van der Waals surface area contributed by atoms with E-state index in [1.807, 2.05) is 24.3 Å². The van der Waals surface area contributed by atoms with E-state index in [2.05, 4.69) is 15.1 Å². The summed E-state index contributed by atoms with van der Waals surface area (Å²) in [5.74, 6) is 0. The number of nitrogens with zero attached hydrogens (tertiary/aromatic N) is 2. The second-order valence-corrected chi connectivity index (χ2v) is 6.36. The van der Waals surface area contributed by atoms with Crippen molar-refractivity contribution < 1.29 is 0 Å². The first-order valence-electron chi connectivity index (χ1n) is 7.77. The number of halogens is 1. The SMILES string of the molecule is Clc1ccc(NCCN2CCCN3CCCC3C2)cc1. The molecule has 2 aliphatic heterocycles. The molecule has 0 saturated carbocycles. The molecule has 1 N–H and O–H groups in total. The van der Waals surface area contributed by atoms with Crippen LogP contribution < -0.4 is 5.32 Å². The molecule has 0 amide bonds. The van der Waals surface area contributed by atoms with Crippen LogP contribution in [0.4, 0.5) is 5.69 Å². The Balaban J connectivity index is 1.44. The summed E-state index contributed by atoms with van der Waals surface area (Å²) < 4.78 is 0. The molecular formula is C16H24ClN3. The Morgan fingerprint density at radius 1 is 1.10 bits per heavy atom. The lowest BCUT2D eigenvalue weighted by molar-refractivity contribution is 0.224. The van der Waals surface area contributed by atoms with E-state index >= 15 is 0 Å². The van der Waals surface area contributed by atoms with Crippen molar-refractivity contribution in [1.29, 1.82) is 0 Å². The van der Waals surface area contributed by atoms with Crippen molar-refractivity contribution >= 4 is 17.3 Å². The minimum atomic E-state index is 0.796. The Bertz CT molecular complexity index is 420. The minimum Gasteiger partial charge on any atom is -0.384 e. The van der Waals surface area contributed by atoms with E-state index in [9.17, 15) is 0 Å². The minimum absolute atomic E-state index is 0.796. The van der Waals surface area contributed by atoms with Crippen LogP contribution in [-0.4, -0.2) is 55.1 Å². The second-order valence-electron chi connectivity index (χ2n) is 5.92. The van der Waals surface area contributed by atoms with Crippen LogP contribution in [0.3, 0.4) is 0 Å². The molecule has 2 fully saturated rings. The quantitative estimate of drug-likeness (QED) is 0.921. The van der Waals surface area contributed by atoms with Gasteiger partial charge in [-0.15, -0.1) is 0 Å². The molecule has 1 unspecified atom stereocenters. The predicted molar refractivity (Wildman–Crippen MR) is 85.6 cm³/mol. The van der Waals surface area contributed by atoms with Gasteiger partial charge in [0.2, 0.25) is 0 Å². The lowest BCUT2D eigenvalue weighted by Crippen LogP contribution is -2.38. The molecule has 2 saturated heterocycles. The standard InChI is InChI=1S/C16H24ClN3/c17-14-4-6-15(7-5-14)18-8-12-19-9-2-11-20-10-1-3-16(20)13-19/h4-7,16,18H,1-3,8-13H2. The number of hydrogen-bond acceptors (Lipinski definition) is 3. The highest BCUT2D eigenvalue weighted by atomic mass is 35.5. The van der Waals surface area contributed by atoms with Gasteiger partial charge in [0.15, 0.2) is 0 Å². The third-order valence-electron chi connectivity index (χ3n) is 4.49. The van der Waals surface area contributed by atoms with E-state index in [1.54, 1.807) is 0 Å². The van der Waals surface area contributed by atoms with Gasteiger partial charge in [-0.3, -0.25) is 9.80 Å². The summed E-state index contributed by atoms with van der Waals surface area (Å²) in [5.41, 5.74) is 1.16. The molecular weight excluding hydrogens is 270 g/mol. The van der Waals surface area contributed by atoms with Crippen LogP contribution in [0.15, 0.2) is 24.3 Å². The second kappa shape index (κ2) is 6.79. The third kappa shape index (κ3) is 3.66. The fraction of sp³-hybridized carbons (Fsp3) is 0.625. The molecule has 3 nitrogen and oxygen atoms in total. The number of hydrogen-bond donors (Lipinski definition) is 1. The molecule has 2 heterocycles. The van der Waals surface area contributed by atoms with Gasteiger partial charge in [-0.1, -0.05) is 11.6 Å². The van der Waals surface area contributed by atoms with Crippen molar-refractivity contribution in [3.8, 4) is 0 Å². The molecule has 3 rings (SSSR count). The number of fused-ring (bicyclic) bond motifs is 1. The van der Waals surface area contributed by atoms with Gasteiger partial charge in [-0.25, -0.2) is 0 Å². The van der Waals surface area contributed by atoms with Gasteiger partial charge < -0.3 is 5.32 Å². The fourth-order valence-electron chi connectivity index (χ4n) is 3.41. The highest BCUT2D eigenvalue weighted by molar-refractivity contribution is 6.30. The highest BCUT2D eigenvalue weighted by Gasteiger charge is 2.28. The summed E-state index contributed by atoms with van der Waals surface area (Å²) in [6.45, 7) is 7.26. The lowest BCUT2D eigenvalue weighted by atomic mass is 10.2. The van der Waals surface area contributed by atoms with Crippen molar-refractivity contribution in [2.75, 3.05) is 44.6 Å². The van der Waals surface area contributed by atoms with Crippen LogP contribution >= 0.6 is 11.6 Å². The lowest BCUT2D eigenvalue weighted by Gasteiger charge is -2.25. The average molecular weight is 294 g/mol. The van der Waals surface area contributed by atoms with Crippen LogP contribution in [0.25, 0.3) is 0 Å². The molecule has 1 atom stereocenters. The maximum absolute atomic E-state index is 5.90. The fourth-order valence-corrected chi connectivity index (χ4v) is 3.54. The molecule has 2 aliphatic rings. The van der Waals surface area contributed by atoms with Crippen molar-refractivity contribution in [3.05, 3.63) is 29.3 Å². The topological polar surface area (TPSA) is 18.5 Å². The third-order valence-corrected chi connectivity index (χ3v) is 4.74. The number of rotatable bonds is 4. The molecule has 1 aromatic rings. The first-order chi connectivity index (χ1) is 9.81. The summed E-state index contributed by atoms with van der Waals surface area (Å²) in [6.07, 6.45) is 4.10. The Hall–Kier alpha value is -0.770. The van der Waals surface area contributed by atoms with E-state index in [4.69, 9.17) is 11.6 Å². The highest BCUT2D eigenvalue weighted by Crippen LogP contribution is 2.21. The molecule has 0 radical (unpaired) electrons. The van der Waals surface area contributed by atoms with Gasteiger partial charge in [-0.05, 0) is 63.2 Å². The molecule has 110 valence electrons. The Labute approximate surface area is 126 Å². The molecule has 20 heavy (non-hydrogen) atoms. The number of anilines is 1. The van der Waals surface area contributed by atoms with Crippen molar-refractivity contribution in [2.24, 2.45) is 0 Å². The van der Waals surface area contributed by atoms with E-state index in [0.29, 0.717) is 0 Å². The normalized spacial score (nSPS) is 24.4. The zero-order chi connectivity index (χ0) is 13.8. The maximum atomic E-state index is 5.90. The van der Waals surface area contributed by atoms with Gasteiger partial charge in [0.25, 0.3) is 0 Å². The van der Waals surface area contributed by atoms with Crippen LogP contribution in [0.2, 0.25) is 5.02 Å². The van der Waals surface area contributed by atoms with Crippen molar-refractivity contribution in [3.63, 3.8) is 0 Å². The predicted octanol–water partition coefficient (Wildman–Crippen LogP) is 2.92. The van der Waals surface area contributed by atoms with Gasteiger partial charge in [0, 0.05) is 36.4 Å². The Morgan fingerprint density at radius 3 is 2.75 bits per heavy atom. The first kappa shape index (κ1) is 14.2. The zero-order valence-corrected chi connectivity index (χ0v) is 12.8. The van der Waals surface area contributed by atoms with Crippen LogP contribution in [-0.2, 0) is 0 Å². The summed E-state index contributed by atoms with van der Waals surface area (Å²) >= 11 is 5.90.